The molecule has 0 saturated carbocycles. The van der Waals surface area contributed by atoms with E-state index in [0.717, 1.165) is 0 Å². The number of carbonyl (C=O) groups is 1. The van der Waals surface area contributed by atoms with E-state index in [1.165, 1.54) is 16.0 Å². The maximum Gasteiger partial charge on any atom is 0.407 e. The molecular weight excluding hydrogens is 665 g/mol. The maximum atomic E-state index is 13.3. The Morgan fingerprint density at radius 2 is 1.90 bits per heavy atom. The molecule has 3 aromatic rings. The van der Waals surface area contributed by atoms with Gasteiger partial charge in [0.25, 0.3) is 5.56 Å². The number of piperidine rings is 2. The summed E-state index contributed by atoms with van der Waals surface area (Å²) in [5.41, 5.74) is -0.127. The molecule has 17 heteroatoms. The number of halogens is 3. The Hall–Kier alpha value is -3.82. The van der Waals surface area contributed by atoms with Gasteiger partial charge >= 0.3 is 12.3 Å². The second kappa shape index (κ2) is 12.5. The molecule has 0 spiro atoms. The average molecular weight is 707 g/mol. The molecule has 0 aliphatic carbocycles. The second-order valence-corrected chi connectivity index (χ2v) is 16.3. The van der Waals surface area contributed by atoms with E-state index < -0.39 is 52.1 Å². The van der Waals surface area contributed by atoms with Gasteiger partial charge in [0.15, 0.2) is 5.82 Å². The van der Waals surface area contributed by atoms with Crippen LogP contribution in [0.3, 0.4) is 0 Å². The Kier molecular flexibility index (Phi) is 8.93. The minimum atomic E-state index is -4.29. The molecule has 1 aromatic carbocycles. The molecule has 13 nitrogen and oxygen atoms in total. The van der Waals surface area contributed by atoms with E-state index in [-0.39, 0.29) is 49.8 Å². The van der Waals surface area contributed by atoms with Crippen molar-refractivity contribution < 1.29 is 32.2 Å². The number of carboxylic acid groups (broad SMARTS) is 1. The standard InChI is InChI=1S/C32H41F3N8O5S/c1-30(2,3)25-17-31(9-11-36,10-15-41(25)29(45)46)43-23-6-12-37-28(44)26(23)27(39-43)38-21-4-5-24-20(16-21)18-42(49(24,47)48)22-7-13-40(14-8-22)19-32(33,34)35/h4-6,12,16,22,25,47-48H,7-10,13-15,17-19H2,1-3H3,(H,37,44)(H,38,39)(H,45,46). The number of likely N-dealkylation sites (tertiary alicyclic amines) is 2. The minimum absolute atomic E-state index is 0.0394. The van der Waals surface area contributed by atoms with Crippen molar-refractivity contribution in [2.45, 2.75) is 88.1 Å². The van der Waals surface area contributed by atoms with Crippen molar-refractivity contribution in [3.05, 3.63) is 46.4 Å². The number of alkyl halides is 3. The molecule has 2 atom stereocenters. The Labute approximate surface area is 282 Å². The Morgan fingerprint density at radius 3 is 2.53 bits per heavy atom. The number of nitrogens with one attached hydrogen (secondary N) is 2. The third-order valence-electron chi connectivity index (χ3n) is 10.1. The summed E-state index contributed by atoms with van der Waals surface area (Å²) in [5, 5.41) is 28.3. The number of hydrogen-bond acceptors (Lipinski definition) is 9. The van der Waals surface area contributed by atoms with Crippen molar-refractivity contribution in [1.29, 1.82) is 5.26 Å². The molecule has 2 saturated heterocycles. The number of hydrogen-bond donors (Lipinski definition) is 5. The van der Waals surface area contributed by atoms with Gasteiger partial charge < -0.3 is 20.3 Å². The van der Waals surface area contributed by atoms with Crippen molar-refractivity contribution in [3.8, 4) is 6.07 Å². The molecule has 49 heavy (non-hydrogen) atoms. The molecular formula is C32H41F3N8O5S. The van der Waals surface area contributed by atoms with E-state index in [1.54, 1.807) is 33.3 Å². The van der Waals surface area contributed by atoms with Crippen LogP contribution in [0, 0.1) is 16.7 Å². The predicted molar refractivity (Wildman–Crippen MR) is 178 cm³/mol. The van der Waals surface area contributed by atoms with Crippen LogP contribution in [0.4, 0.5) is 29.5 Å². The molecule has 3 aliphatic heterocycles. The lowest BCUT2D eigenvalue weighted by Gasteiger charge is -2.49. The summed E-state index contributed by atoms with van der Waals surface area (Å²) in [6, 6.07) is 8.24. The number of pyridine rings is 1. The van der Waals surface area contributed by atoms with Crippen molar-refractivity contribution in [2.75, 3.05) is 31.5 Å². The molecule has 2 unspecified atom stereocenters. The van der Waals surface area contributed by atoms with Crippen molar-refractivity contribution in [3.63, 3.8) is 0 Å². The van der Waals surface area contributed by atoms with Crippen molar-refractivity contribution >= 4 is 39.3 Å². The number of anilines is 2. The van der Waals surface area contributed by atoms with Crippen LogP contribution in [0.1, 0.15) is 58.4 Å². The zero-order valence-corrected chi connectivity index (χ0v) is 28.3. The highest BCUT2D eigenvalue weighted by molar-refractivity contribution is 8.22. The number of H-pyrrole nitrogens is 1. The monoisotopic (exact) mass is 706 g/mol. The van der Waals surface area contributed by atoms with Crippen LogP contribution in [0.2, 0.25) is 0 Å². The van der Waals surface area contributed by atoms with Gasteiger partial charge in [0.1, 0.15) is 5.39 Å². The van der Waals surface area contributed by atoms with Crippen LogP contribution in [0.25, 0.3) is 10.9 Å². The highest BCUT2D eigenvalue weighted by Gasteiger charge is 2.48. The van der Waals surface area contributed by atoms with E-state index in [1.807, 2.05) is 20.8 Å². The van der Waals surface area contributed by atoms with Gasteiger partial charge in [0.2, 0.25) is 0 Å². The Bertz CT molecular complexity index is 1840. The highest BCUT2D eigenvalue weighted by Crippen LogP contribution is 2.61. The van der Waals surface area contributed by atoms with Gasteiger partial charge in [-0.3, -0.25) is 23.5 Å². The van der Waals surface area contributed by atoms with E-state index in [4.69, 9.17) is 5.10 Å². The van der Waals surface area contributed by atoms with Crippen LogP contribution in [-0.2, 0) is 12.1 Å². The summed E-state index contributed by atoms with van der Waals surface area (Å²) in [4.78, 5) is 31.2. The maximum absolute atomic E-state index is 13.3. The summed E-state index contributed by atoms with van der Waals surface area (Å²) >= 11 is 0. The quantitative estimate of drug-likeness (QED) is 0.201. The Morgan fingerprint density at radius 1 is 1.18 bits per heavy atom. The van der Waals surface area contributed by atoms with E-state index in [9.17, 15) is 42.2 Å². The van der Waals surface area contributed by atoms with Crippen LogP contribution in [0.5, 0.6) is 0 Å². The smallest absolute Gasteiger partial charge is 0.407 e. The average Bonchev–Trinajstić information content (AvgIpc) is 3.51. The second-order valence-electron chi connectivity index (χ2n) is 14.4. The molecule has 5 heterocycles. The van der Waals surface area contributed by atoms with Crippen LogP contribution in [0.15, 0.2) is 40.2 Å². The number of amides is 1. The Balaban J connectivity index is 1.30. The fourth-order valence-corrected chi connectivity index (χ4v) is 9.61. The lowest BCUT2D eigenvalue weighted by atomic mass is 9.72. The van der Waals surface area contributed by atoms with Crippen LogP contribution < -0.4 is 10.9 Å². The number of benzene rings is 1. The third kappa shape index (κ3) is 6.59. The number of aromatic amines is 1. The number of nitrogens with zero attached hydrogens (tertiary/aromatic N) is 6. The minimum Gasteiger partial charge on any atom is -0.465 e. The van der Waals surface area contributed by atoms with E-state index in [2.05, 4.69) is 16.4 Å². The summed E-state index contributed by atoms with van der Waals surface area (Å²) in [6.45, 7) is 5.63. The van der Waals surface area contributed by atoms with Gasteiger partial charge in [-0.05, 0) is 60.9 Å². The molecule has 0 bridgehead atoms. The van der Waals surface area contributed by atoms with Gasteiger partial charge in [-0.15, -0.1) is 10.8 Å². The van der Waals surface area contributed by atoms with Gasteiger partial charge in [0.05, 0.1) is 35.0 Å². The van der Waals surface area contributed by atoms with E-state index >= 15 is 0 Å². The predicted octanol–water partition coefficient (Wildman–Crippen LogP) is 6.13. The number of aromatic nitrogens is 3. The normalized spacial score (nSPS) is 24.5. The fraction of sp³-hybridized carbons (Fsp3) is 0.562. The largest absolute Gasteiger partial charge is 0.465 e. The summed E-state index contributed by atoms with van der Waals surface area (Å²) in [5.74, 6) is 0.223. The fourth-order valence-electron chi connectivity index (χ4n) is 7.69. The zero-order chi connectivity index (χ0) is 35.5. The number of fused-ring (bicyclic) bond motifs is 2. The summed E-state index contributed by atoms with van der Waals surface area (Å²) in [7, 11) is -3.37. The lowest BCUT2D eigenvalue weighted by Crippen LogP contribution is -2.57. The first-order chi connectivity index (χ1) is 22.9. The van der Waals surface area contributed by atoms with Gasteiger partial charge in [0, 0.05) is 50.1 Å². The summed E-state index contributed by atoms with van der Waals surface area (Å²) < 4.78 is 64.5. The number of rotatable bonds is 6. The zero-order valence-electron chi connectivity index (χ0n) is 27.5. The molecule has 3 aliphatic rings. The molecule has 6 rings (SSSR count). The molecule has 5 N–H and O–H groups in total. The molecule has 0 radical (unpaired) electrons. The van der Waals surface area contributed by atoms with Crippen molar-refractivity contribution in [1.82, 2.24) is 28.9 Å². The van der Waals surface area contributed by atoms with E-state index in [0.29, 0.717) is 47.3 Å². The molecule has 2 fully saturated rings. The van der Waals surface area contributed by atoms with Crippen LogP contribution in [-0.4, -0.2) is 93.6 Å². The highest BCUT2D eigenvalue weighted by atomic mass is 32.3. The third-order valence-corrected chi connectivity index (χ3v) is 12.2. The first-order valence-electron chi connectivity index (χ1n) is 16.1. The summed E-state index contributed by atoms with van der Waals surface area (Å²) in [6.07, 6.45) is -2.44. The van der Waals surface area contributed by atoms with Gasteiger partial charge in [-0.25, -0.2) is 4.79 Å². The first kappa shape index (κ1) is 35.0. The van der Waals surface area contributed by atoms with Crippen molar-refractivity contribution in [2.24, 2.45) is 5.41 Å². The molecule has 266 valence electrons. The molecule has 2 aromatic heterocycles. The molecule has 1 amide bonds. The topological polar surface area (TPSA) is 174 Å². The van der Waals surface area contributed by atoms with Gasteiger partial charge in [-0.1, -0.05) is 20.8 Å². The van der Waals surface area contributed by atoms with Crippen LogP contribution >= 0.6 is 10.8 Å². The SMILES string of the molecule is CC(C)(C)C1CC(CC#N)(n2nc(Nc3ccc4c(c3)CN(C3CCN(CC(F)(F)F)CC3)S4(O)O)c3c(=O)[nH]ccc32)CCN1C(=O)O. The number of nitriles is 1. The van der Waals surface area contributed by atoms with Gasteiger partial charge in [-0.2, -0.15) is 27.8 Å². The lowest BCUT2D eigenvalue weighted by molar-refractivity contribution is -0.148. The first-order valence-corrected chi connectivity index (χ1v) is 17.7.